The van der Waals surface area contributed by atoms with E-state index in [9.17, 15) is 0 Å². The number of ether oxygens (including phenoxy) is 2. The van der Waals surface area contributed by atoms with Crippen LogP contribution >= 0.6 is 0 Å². The number of benzene rings is 12. The van der Waals surface area contributed by atoms with Crippen molar-refractivity contribution in [2.45, 2.75) is 30.1 Å². The number of hydrogen-bond donors (Lipinski definition) is 0. The highest BCUT2D eigenvalue weighted by Crippen LogP contribution is 2.62. The normalized spacial score (nSPS) is 16.0. The molecule has 2 unspecified atom stereocenters. The minimum atomic E-state index is -1.75. The van der Waals surface area contributed by atoms with E-state index in [0.717, 1.165) is 57.6 Å². The minimum Gasteiger partial charge on any atom is -0.457 e. The van der Waals surface area contributed by atoms with Crippen LogP contribution in [-0.4, -0.2) is 0 Å². The van der Waals surface area contributed by atoms with Crippen molar-refractivity contribution in [3.05, 3.63) is 364 Å². The highest BCUT2D eigenvalue weighted by Gasteiger charge is 2.52. The zero-order valence-corrected chi connectivity index (χ0v) is 48.8. The van der Waals surface area contributed by atoms with Crippen LogP contribution in [0.15, 0.2) is 262 Å². The first-order valence-electron chi connectivity index (χ1n) is 29.6. The number of anilines is 3. The molecular weight excluding hydrogens is 1130 g/mol. The van der Waals surface area contributed by atoms with Gasteiger partial charge in [-0.1, -0.05) is 179 Å². The summed E-state index contributed by atoms with van der Waals surface area (Å²) in [6.45, 7) is 12.1. The molecule has 0 fully saturated rings. The molecule has 0 amide bonds. The van der Waals surface area contributed by atoms with Crippen LogP contribution in [0.2, 0.25) is 0 Å². The van der Waals surface area contributed by atoms with Crippen molar-refractivity contribution in [2.75, 3.05) is 4.90 Å². The first kappa shape index (κ1) is 55.7. The van der Waals surface area contributed by atoms with Crippen LogP contribution in [-0.2, 0) is 16.2 Å². The van der Waals surface area contributed by atoms with Crippen LogP contribution in [0.4, 0.5) is 43.4 Å². The maximum atomic E-state index is 17.4. The third kappa shape index (κ3) is 8.51. The van der Waals surface area contributed by atoms with Gasteiger partial charge in [0.25, 0.3) is 0 Å². The van der Waals surface area contributed by atoms with Gasteiger partial charge in [-0.05, 0) is 174 Å². The summed E-state index contributed by atoms with van der Waals surface area (Å²) in [5, 5.41) is 0. The lowest BCUT2D eigenvalue weighted by molar-refractivity contribution is 0.481. The molecule has 12 aromatic rings. The average molecular weight is 1190 g/mol. The lowest BCUT2D eigenvalue weighted by Crippen LogP contribution is -2.32. The van der Waals surface area contributed by atoms with E-state index >= 15 is 26.3 Å². The second-order valence-electron chi connectivity index (χ2n) is 23.6. The number of hydrogen-bond acceptors (Lipinski definition) is 3. The fourth-order valence-corrected chi connectivity index (χ4v) is 14.5. The molecule has 2 atom stereocenters. The van der Waals surface area contributed by atoms with Crippen molar-refractivity contribution in [3.63, 3.8) is 0 Å². The summed E-state index contributed by atoms with van der Waals surface area (Å²) < 4.78 is 113. The molecule has 15 rings (SSSR count). The highest BCUT2D eigenvalue weighted by molar-refractivity contribution is 5.93. The molecule has 0 saturated heterocycles. The van der Waals surface area contributed by atoms with Gasteiger partial charge in [0.15, 0.2) is 0 Å². The Labute approximate surface area is 517 Å². The van der Waals surface area contributed by atoms with Gasteiger partial charge in [-0.3, -0.25) is 0 Å². The summed E-state index contributed by atoms with van der Waals surface area (Å²) in [5.74, 6) is -4.44. The van der Waals surface area contributed by atoms with E-state index in [1.807, 2.05) is 152 Å². The van der Waals surface area contributed by atoms with Crippen LogP contribution in [0, 0.1) is 34.9 Å². The molecule has 12 aromatic carbocycles. The molecule has 0 spiro atoms. The van der Waals surface area contributed by atoms with Gasteiger partial charge in [0.1, 0.15) is 57.9 Å². The van der Waals surface area contributed by atoms with Crippen LogP contribution < -0.4 is 14.4 Å². The zero-order chi connectivity index (χ0) is 61.8. The first-order valence-corrected chi connectivity index (χ1v) is 29.6. The molecule has 3 nitrogen and oxygen atoms in total. The predicted molar refractivity (Wildman–Crippen MR) is 346 cm³/mol. The Kier molecular flexibility index (Phi) is 13.1. The van der Waals surface area contributed by atoms with Crippen molar-refractivity contribution in [3.8, 4) is 56.4 Å². The standard InChI is InChI=1S/C81H53F6NO2/c1-5-48-19-30-57(31-20-48)89-59-34-23-50(24-35-59)80(77-73(84)41-52(82)42-74(77)85)68-17-11-8-14-62(68)65-39-28-55(46-71(65)80)88(54-27-38-64-61-13-7-10-16-67(61)79(3,4)70(64)45-54)56-29-40-66-63-15-9-12-18-69(63)81(72(66)47-56,78-75(86)43-53(83)44-76(78)87)51-25-36-60(37-26-51)90-58-32-21-49(6-2)22-33-58/h5-47H,1-2H2,3-4H3. The van der Waals surface area contributed by atoms with Crippen LogP contribution in [0.1, 0.15) is 80.6 Å². The van der Waals surface area contributed by atoms with E-state index in [4.69, 9.17) is 9.47 Å². The van der Waals surface area contributed by atoms with Crippen LogP contribution in [0.25, 0.3) is 45.5 Å². The molecule has 0 N–H and O–H groups in total. The summed E-state index contributed by atoms with van der Waals surface area (Å²) in [6, 6.07) is 73.1. The highest BCUT2D eigenvalue weighted by atomic mass is 19.2. The molecule has 0 aromatic heterocycles. The summed E-state index contributed by atoms with van der Waals surface area (Å²) in [5.41, 5.74) is 9.06. The maximum Gasteiger partial charge on any atom is 0.133 e. The summed E-state index contributed by atoms with van der Waals surface area (Å²) in [7, 11) is 0. The molecule has 90 heavy (non-hydrogen) atoms. The van der Waals surface area contributed by atoms with Gasteiger partial charge in [0.05, 0.1) is 10.8 Å². The molecule has 0 bridgehead atoms. The average Bonchev–Trinajstić information content (AvgIpc) is 1.51. The molecule has 0 heterocycles. The minimum absolute atomic E-state index is 0.380. The van der Waals surface area contributed by atoms with Gasteiger partial charge >= 0.3 is 0 Å². The van der Waals surface area contributed by atoms with Gasteiger partial charge in [-0.15, -0.1) is 0 Å². The van der Waals surface area contributed by atoms with Crippen molar-refractivity contribution in [1.82, 2.24) is 0 Å². The van der Waals surface area contributed by atoms with Gasteiger partial charge in [-0.2, -0.15) is 0 Å². The van der Waals surface area contributed by atoms with Gasteiger partial charge in [0.2, 0.25) is 0 Å². The summed E-state index contributed by atoms with van der Waals surface area (Å²) in [4.78, 5) is 2.05. The Morgan fingerprint density at radius 3 is 0.989 bits per heavy atom. The fourth-order valence-electron chi connectivity index (χ4n) is 14.5. The summed E-state index contributed by atoms with van der Waals surface area (Å²) in [6.07, 6.45) is 3.47. The zero-order valence-electron chi connectivity index (χ0n) is 48.8. The van der Waals surface area contributed by atoms with Crippen molar-refractivity contribution in [1.29, 1.82) is 0 Å². The Balaban J connectivity index is 0.979. The van der Waals surface area contributed by atoms with Gasteiger partial charge < -0.3 is 14.4 Å². The Hall–Kier alpha value is -10.9. The quantitative estimate of drug-likeness (QED) is 0.107. The van der Waals surface area contributed by atoms with Crippen molar-refractivity contribution >= 4 is 29.2 Å². The Bertz CT molecular complexity index is 4620. The number of halogens is 6. The molecule has 436 valence electrons. The molecular formula is C81H53F6NO2. The van der Waals surface area contributed by atoms with Gasteiger partial charge in [0, 0.05) is 57.9 Å². The summed E-state index contributed by atoms with van der Waals surface area (Å²) >= 11 is 0. The third-order valence-electron chi connectivity index (χ3n) is 18.4. The van der Waals surface area contributed by atoms with Crippen molar-refractivity contribution < 1.29 is 35.8 Å². The molecule has 9 heteroatoms. The largest absolute Gasteiger partial charge is 0.457 e. The van der Waals surface area contributed by atoms with Crippen LogP contribution in [0.5, 0.6) is 23.0 Å². The van der Waals surface area contributed by atoms with Gasteiger partial charge in [-0.25, -0.2) is 26.3 Å². The number of fused-ring (bicyclic) bond motifs is 9. The van der Waals surface area contributed by atoms with E-state index in [0.29, 0.717) is 95.7 Å². The number of nitrogens with zero attached hydrogens (tertiary/aromatic N) is 1. The molecule has 0 radical (unpaired) electrons. The molecule has 3 aliphatic rings. The SMILES string of the molecule is C=Cc1ccc(Oc2ccc(C3(c4c(F)cc(F)cc4F)c4ccccc4-c4ccc(N(c5ccc6c(c5)C(C)(C)c5ccccc5-6)c5ccc6c(c5)C(c5ccc(Oc7ccc(C=C)cc7)cc5)(c5c(F)cc(F)cc5F)c5ccccc5-6)cc43)cc2)cc1. The second kappa shape index (κ2) is 21.2. The van der Waals surface area contributed by atoms with Crippen molar-refractivity contribution in [2.24, 2.45) is 0 Å². The number of rotatable bonds is 13. The van der Waals surface area contributed by atoms with Crippen LogP contribution in [0.3, 0.4) is 0 Å². The lowest BCUT2D eigenvalue weighted by atomic mass is 9.67. The molecule has 0 saturated carbocycles. The smallest absolute Gasteiger partial charge is 0.133 e. The monoisotopic (exact) mass is 1190 g/mol. The fraction of sp³-hybridized carbons (Fsp3) is 0.0617. The predicted octanol–water partition coefficient (Wildman–Crippen LogP) is 21.9. The van der Waals surface area contributed by atoms with E-state index < -0.39 is 51.1 Å². The maximum absolute atomic E-state index is 17.4. The third-order valence-corrected chi connectivity index (χ3v) is 18.4. The lowest BCUT2D eigenvalue weighted by Gasteiger charge is -2.36. The molecule has 0 aliphatic heterocycles. The first-order chi connectivity index (χ1) is 43.7. The Morgan fingerprint density at radius 1 is 0.322 bits per heavy atom. The topological polar surface area (TPSA) is 21.7 Å². The second-order valence-corrected chi connectivity index (χ2v) is 23.6. The van der Waals surface area contributed by atoms with E-state index in [1.54, 1.807) is 60.7 Å². The van der Waals surface area contributed by atoms with E-state index in [-0.39, 0.29) is 11.1 Å². The van der Waals surface area contributed by atoms with E-state index in [2.05, 4.69) is 56.2 Å². The molecule has 3 aliphatic carbocycles. The Morgan fingerprint density at radius 2 is 0.622 bits per heavy atom. The van der Waals surface area contributed by atoms with E-state index in [1.165, 1.54) is 0 Å².